The molecule has 2 amide bonds. The second-order valence-electron chi connectivity index (χ2n) is 10.3. The highest BCUT2D eigenvalue weighted by Gasteiger charge is 2.48. The molecule has 1 aliphatic carbocycles. The van der Waals surface area contributed by atoms with Crippen LogP contribution < -0.4 is 0 Å². The van der Waals surface area contributed by atoms with E-state index < -0.39 is 0 Å². The second-order valence-corrected chi connectivity index (χ2v) is 10.3. The standard InChI is InChI=1S/C25H33N3O3/c29-23-13-20(15-27(23)16-21-6-4-10-31-21)25(30)28-9-3-5-17-11-18-12-19(24(17)28)14-26-8-2-1-7-22(18)26/h4,6,10-11,18-20,22,24H,1-3,5,7-9,12-16H2/t18-,19-,20?,22?,24?/m0/s1. The lowest BCUT2D eigenvalue weighted by Crippen LogP contribution is -2.60. The van der Waals surface area contributed by atoms with Crippen molar-refractivity contribution in [3.63, 3.8) is 0 Å². The number of carbonyl (C=O) groups excluding carboxylic acids is 2. The summed E-state index contributed by atoms with van der Waals surface area (Å²) < 4.78 is 5.41. The van der Waals surface area contributed by atoms with Gasteiger partial charge in [0.2, 0.25) is 11.8 Å². The van der Waals surface area contributed by atoms with Crippen LogP contribution in [0.1, 0.15) is 50.7 Å². The zero-order valence-electron chi connectivity index (χ0n) is 18.2. The molecule has 6 rings (SSSR count). The monoisotopic (exact) mass is 423 g/mol. The third kappa shape index (κ3) is 3.43. The zero-order chi connectivity index (χ0) is 20.9. The Labute approximate surface area is 184 Å². The normalized spacial score (nSPS) is 35.5. The van der Waals surface area contributed by atoms with Crippen molar-refractivity contribution in [1.82, 2.24) is 14.7 Å². The number of hydrogen-bond acceptors (Lipinski definition) is 4. The highest BCUT2D eigenvalue weighted by Crippen LogP contribution is 2.45. The molecule has 166 valence electrons. The molecular formula is C25H33N3O3. The van der Waals surface area contributed by atoms with E-state index in [9.17, 15) is 9.59 Å². The summed E-state index contributed by atoms with van der Waals surface area (Å²) in [7, 11) is 0. The van der Waals surface area contributed by atoms with Crippen LogP contribution in [0.4, 0.5) is 0 Å². The van der Waals surface area contributed by atoms with Crippen molar-refractivity contribution in [2.24, 2.45) is 17.8 Å². The fourth-order valence-electron chi connectivity index (χ4n) is 7.14. The minimum atomic E-state index is -0.217. The van der Waals surface area contributed by atoms with E-state index in [0.717, 1.165) is 37.7 Å². The van der Waals surface area contributed by atoms with E-state index in [0.29, 0.717) is 31.3 Å². The van der Waals surface area contributed by atoms with Crippen molar-refractivity contribution in [2.75, 3.05) is 26.2 Å². The number of hydrogen-bond donors (Lipinski definition) is 0. The van der Waals surface area contributed by atoms with Crippen molar-refractivity contribution in [3.05, 3.63) is 35.8 Å². The van der Waals surface area contributed by atoms with Crippen LogP contribution in [0, 0.1) is 17.8 Å². The number of carbonyl (C=O) groups is 2. The van der Waals surface area contributed by atoms with Crippen LogP contribution in [-0.4, -0.2) is 64.8 Å². The molecule has 0 radical (unpaired) electrons. The molecule has 0 spiro atoms. The molecule has 3 unspecified atom stereocenters. The van der Waals surface area contributed by atoms with E-state index in [2.05, 4.69) is 15.9 Å². The number of furan rings is 1. The van der Waals surface area contributed by atoms with Crippen LogP contribution in [0.2, 0.25) is 0 Å². The van der Waals surface area contributed by atoms with Gasteiger partial charge in [-0.05, 0) is 62.6 Å². The molecule has 4 saturated heterocycles. The number of amides is 2. The molecule has 4 fully saturated rings. The first-order valence-electron chi connectivity index (χ1n) is 12.2. The van der Waals surface area contributed by atoms with Gasteiger partial charge in [0.25, 0.3) is 0 Å². The second kappa shape index (κ2) is 7.80. The maximum absolute atomic E-state index is 13.7. The van der Waals surface area contributed by atoms with Crippen LogP contribution in [0.25, 0.3) is 0 Å². The summed E-state index contributed by atoms with van der Waals surface area (Å²) in [5.74, 6) is 2.06. The summed E-state index contributed by atoms with van der Waals surface area (Å²) in [6, 6.07) is 4.72. The van der Waals surface area contributed by atoms with Crippen molar-refractivity contribution in [2.45, 2.75) is 63.6 Å². The first-order chi connectivity index (χ1) is 15.2. The number of likely N-dealkylation sites (tertiary alicyclic amines) is 2. The Bertz CT molecular complexity index is 879. The van der Waals surface area contributed by atoms with E-state index in [-0.39, 0.29) is 23.8 Å². The third-order valence-corrected chi connectivity index (χ3v) is 8.43. The molecule has 5 atom stereocenters. The molecule has 6 heteroatoms. The maximum atomic E-state index is 13.7. The van der Waals surface area contributed by atoms with Gasteiger partial charge < -0.3 is 14.2 Å². The molecule has 0 N–H and O–H groups in total. The summed E-state index contributed by atoms with van der Waals surface area (Å²) >= 11 is 0. The Kier molecular flexibility index (Phi) is 4.93. The van der Waals surface area contributed by atoms with E-state index in [1.54, 1.807) is 11.2 Å². The van der Waals surface area contributed by atoms with Crippen LogP contribution in [-0.2, 0) is 16.1 Å². The van der Waals surface area contributed by atoms with E-state index >= 15 is 0 Å². The van der Waals surface area contributed by atoms with Crippen molar-refractivity contribution in [1.29, 1.82) is 0 Å². The predicted octanol–water partition coefficient (Wildman–Crippen LogP) is 3.05. The molecule has 6 nitrogen and oxygen atoms in total. The van der Waals surface area contributed by atoms with Crippen molar-refractivity contribution < 1.29 is 14.0 Å². The molecule has 0 aromatic carbocycles. The topological polar surface area (TPSA) is 57.0 Å². The average Bonchev–Trinajstić information content (AvgIpc) is 3.43. The maximum Gasteiger partial charge on any atom is 0.228 e. The van der Waals surface area contributed by atoms with Crippen LogP contribution in [0.5, 0.6) is 0 Å². The highest BCUT2D eigenvalue weighted by molar-refractivity contribution is 5.89. The van der Waals surface area contributed by atoms with Crippen LogP contribution >= 0.6 is 0 Å². The number of fused-ring (bicyclic) bond motifs is 6. The molecule has 1 aromatic rings. The summed E-state index contributed by atoms with van der Waals surface area (Å²) in [5, 5.41) is 0. The molecule has 4 aliphatic heterocycles. The van der Waals surface area contributed by atoms with Gasteiger partial charge in [0, 0.05) is 32.1 Å². The molecule has 5 aliphatic rings. The van der Waals surface area contributed by atoms with Gasteiger partial charge in [-0.15, -0.1) is 0 Å². The zero-order valence-corrected chi connectivity index (χ0v) is 18.2. The lowest BCUT2D eigenvalue weighted by atomic mass is 9.68. The van der Waals surface area contributed by atoms with Gasteiger partial charge in [0.15, 0.2) is 0 Å². The molecule has 0 saturated carbocycles. The number of rotatable bonds is 3. The SMILES string of the molecule is O=C1CC(C(=O)N2CCCC3=C[C@H]4C[C@@H](CN5CCCCC45)C32)CN1Cc1ccco1. The van der Waals surface area contributed by atoms with Crippen molar-refractivity contribution in [3.8, 4) is 0 Å². The summed E-state index contributed by atoms with van der Waals surface area (Å²) in [5.41, 5.74) is 1.52. The highest BCUT2D eigenvalue weighted by atomic mass is 16.3. The minimum absolute atomic E-state index is 0.0695. The largest absolute Gasteiger partial charge is 0.467 e. The summed E-state index contributed by atoms with van der Waals surface area (Å²) in [6.07, 6.45) is 12.0. The number of piperidine rings is 3. The molecule has 31 heavy (non-hydrogen) atoms. The lowest BCUT2D eigenvalue weighted by Gasteiger charge is -2.55. The Hall–Kier alpha value is -2.08. The quantitative estimate of drug-likeness (QED) is 0.702. The minimum Gasteiger partial charge on any atom is -0.467 e. The van der Waals surface area contributed by atoms with E-state index in [1.165, 1.54) is 37.8 Å². The fourth-order valence-corrected chi connectivity index (χ4v) is 7.14. The smallest absolute Gasteiger partial charge is 0.228 e. The third-order valence-electron chi connectivity index (χ3n) is 8.43. The van der Waals surface area contributed by atoms with Crippen LogP contribution in [0.15, 0.2) is 34.5 Å². The van der Waals surface area contributed by atoms with E-state index in [4.69, 9.17) is 4.42 Å². The molecule has 1 aromatic heterocycles. The van der Waals surface area contributed by atoms with Gasteiger partial charge in [0.1, 0.15) is 5.76 Å². The van der Waals surface area contributed by atoms with Crippen molar-refractivity contribution >= 4 is 11.8 Å². The van der Waals surface area contributed by atoms with Gasteiger partial charge >= 0.3 is 0 Å². The first-order valence-corrected chi connectivity index (χ1v) is 12.2. The predicted molar refractivity (Wildman–Crippen MR) is 116 cm³/mol. The van der Waals surface area contributed by atoms with E-state index in [1.807, 2.05) is 12.1 Å². The molecular weight excluding hydrogens is 390 g/mol. The Morgan fingerprint density at radius 3 is 2.97 bits per heavy atom. The molecule has 5 heterocycles. The lowest BCUT2D eigenvalue weighted by molar-refractivity contribution is -0.140. The van der Waals surface area contributed by atoms with Gasteiger partial charge in [0.05, 0.1) is 24.8 Å². The van der Waals surface area contributed by atoms with Gasteiger partial charge in [-0.1, -0.05) is 18.1 Å². The van der Waals surface area contributed by atoms with Gasteiger partial charge in [-0.25, -0.2) is 0 Å². The Morgan fingerprint density at radius 2 is 2.10 bits per heavy atom. The Balaban J connectivity index is 1.20. The average molecular weight is 424 g/mol. The van der Waals surface area contributed by atoms with Gasteiger partial charge in [-0.3, -0.25) is 14.5 Å². The van der Waals surface area contributed by atoms with Crippen LogP contribution in [0.3, 0.4) is 0 Å². The number of nitrogens with zero attached hydrogens (tertiary/aromatic N) is 3. The first kappa shape index (κ1) is 19.6. The Morgan fingerprint density at radius 1 is 1.16 bits per heavy atom. The van der Waals surface area contributed by atoms with Gasteiger partial charge in [-0.2, -0.15) is 0 Å². The fraction of sp³-hybridized carbons (Fsp3) is 0.680. The summed E-state index contributed by atoms with van der Waals surface area (Å²) in [6.45, 7) is 4.18. The summed E-state index contributed by atoms with van der Waals surface area (Å²) in [4.78, 5) is 33.0. The molecule has 2 bridgehead atoms.